The van der Waals surface area contributed by atoms with Crippen LogP contribution in [0, 0.1) is 0 Å². The lowest BCUT2D eigenvalue weighted by atomic mass is 10.5. The molecule has 1 N–H and O–H groups in total. The summed E-state index contributed by atoms with van der Waals surface area (Å²) in [5, 5.41) is 0. The summed E-state index contributed by atoms with van der Waals surface area (Å²) in [5.41, 5.74) is 0. The van der Waals surface area contributed by atoms with Gasteiger partial charge in [0.05, 0.1) is 0 Å². The second kappa shape index (κ2) is 6.27. The molecule has 0 saturated carbocycles. The molecule has 92 valence electrons. The zero-order valence-electron chi connectivity index (χ0n) is 8.05. The van der Waals surface area contributed by atoms with Crippen molar-refractivity contribution in [2.24, 2.45) is 0 Å². The fourth-order valence-electron chi connectivity index (χ4n) is 0.485. The third-order valence-corrected chi connectivity index (χ3v) is 6.30. The molecule has 0 unspecified atom stereocenters. The molecule has 0 spiro atoms. The minimum absolute atomic E-state index is 0.449. The molecule has 4 nitrogen and oxygen atoms in total. The van der Waals surface area contributed by atoms with Crippen molar-refractivity contribution in [3.8, 4) is 0 Å². The summed E-state index contributed by atoms with van der Waals surface area (Å²) in [6.07, 6.45) is 0.898. The zero-order valence-corrected chi connectivity index (χ0v) is 15.3. The topological polar surface area (TPSA) is 55.8 Å². The average Bonchev–Trinajstić information content (AvgIpc) is 2.00. The van der Waals surface area contributed by atoms with Crippen LogP contribution in [0.3, 0.4) is 0 Å². The Morgan fingerprint density at radius 2 is 1.33 bits per heavy atom. The number of halogens is 4. The molecule has 0 fully saturated rings. The van der Waals surface area contributed by atoms with Gasteiger partial charge in [-0.15, -0.1) is 0 Å². The van der Waals surface area contributed by atoms with Gasteiger partial charge < -0.3 is 4.89 Å². The number of phosphoric acid groups is 1. The lowest BCUT2D eigenvalue weighted by Gasteiger charge is -2.26. The van der Waals surface area contributed by atoms with Gasteiger partial charge in [0.25, 0.3) is 0 Å². The van der Waals surface area contributed by atoms with Gasteiger partial charge in [0, 0.05) is 0 Å². The molecule has 0 atom stereocenters. The molecule has 15 heavy (non-hydrogen) atoms. The molecular weight excluding hydrogens is 487 g/mol. The summed E-state index contributed by atoms with van der Waals surface area (Å²) in [5.74, 6) is 0. The molecule has 0 amide bonds. The van der Waals surface area contributed by atoms with Crippen molar-refractivity contribution in [1.29, 1.82) is 0 Å². The second-order valence-electron chi connectivity index (χ2n) is 2.63. The van der Waals surface area contributed by atoms with Gasteiger partial charge in [0.1, 0.15) is 0 Å². The fourth-order valence-corrected chi connectivity index (χ4v) is 3.65. The van der Waals surface area contributed by atoms with Crippen molar-refractivity contribution in [2.45, 2.75) is 33.5 Å². The normalized spacial score (nSPS) is 14.3. The van der Waals surface area contributed by atoms with E-state index in [9.17, 15) is 9.46 Å². The van der Waals surface area contributed by atoms with E-state index in [0.717, 1.165) is 0 Å². The molecule has 9 heteroatoms. The highest BCUT2D eigenvalue weighted by molar-refractivity contribution is 9.25. The highest BCUT2D eigenvalue weighted by Crippen LogP contribution is 2.57. The van der Waals surface area contributed by atoms with Gasteiger partial charge >= 0.3 is 7.82 Å². The van der Waals surface area contributed by atoms with Gasteiger partial charge in [0.2, 0.25) is 0 Å². The van der Waals surface area contributed by atoms with E-state index in [-0.39, 0.29) is 0 Å². The summed E-state index contributed by atoms with van der Waals surface area (Å²) < 4.78 is 19.2. The van der Waals surface area contributed by atoms with Crippen LogP contribution in [0.5, 0.6) is 0 Å². The van der Waals surface area contributed by atoms with E-state index in [1.54, 1.807) is 13.8 Å². The summed E-state index contributed by atoms with van der Waals surface area (Å²) in [4.78, 5) is 9.44. The van der Waals surface area contributed by atoms with Crippen LogP contribution in [0.2, 0.25) is 0 Å². The smallest absolute Gasteiger partial charge is 0.302 e. The Balaban J connectivity index is 4.51. The molecule has 0 radical (unpaired) electrons. The third kappa shape index (κ3) is 7.86. The lowest BCUT2D eigenvalue weighted by molar-refractivity contribution is 0.115. The molecular formula is C6H11Br4O4P. The minimum atomic E-state index is -4.16. The van der Waals surface area contributed by atoms with Crippen molar-refractivity contribution < 1.29 is 18.5 Å². The van der Waals surface area contributed by atoms with E-state index in [2.05, 4.69) is 63.7 Å². The maximum atomic E-state index is 11.6. The number of rotatable bonds is 6. The van der Waals surface area contributed by atoms with E-state index in [0.29, 0.717) is 12.8 Å². The van der Waals surface area contributed by atoms with Crippen molar-refractivity contribution in [2.75, 3.05) is 0 Å². The van der Waals surface area contributed by atoms with Crippen LogP contribution in [0.4, 0.5) is 0 Å². The number of hydrogen-bond acceptors (Lipinski definition) is 3. The Labute approximate surface area is 123 Å². The molecule has 0 aromatic rings. The van der Waals surface area contributed by atoms with E-state index in [1.165, 1.54) is 0 Å². The van der Waals surface area contributed by atoms with Crippen LogP contribution in [-0.4, -0.2) is 11.7 Å². The van der Waals surface area contributed by atoms with Crippen LogP contribution < -0.4 is 0 Å². The molecule has 0 saturated heterocycles. The van der Waals surface area contributed by atoms with Crippen molar-refractivity contribution >= 4 is 71.5 Å². The largest absolute Gasteiger partial charge is 0.476 e. The Kier molecular flexibility index (Phi) is 7.12. The van der Waals surface area contributed by atoms with Crippen molar-refractivity contribution in [3.63, 3.8) is 0 Å². The van der Waals surface area contributed by atoms with E-state index < -0.39 is 14.7 Å². The van der Waals surface area contributed by atoms with E-state index >= 15 is 0 Å². The van der Waals surface area contributed by atoms with Crippen LogP contribution in [-0.2, 0) is 13.6 Å². The average molecular weight is 498 g/mol. The SMILES string of the molecule is CCC(Br)(Br)OP(=O)(O)OC(Br)(Br)CC. The standard InChI is InChI=1S/C6H11Br4O4P/c1-3-5(7,8)13-15(11,12)14-6(9,10)4-2/h3-4H2,1-2H3,(H,11,12). The molecule has 0 aliphatic rings. The first-order valence-corrected chi connectivity index (χ1v) is 8.70. The van der Waals surface area contributed by atoms with Crippen LogP contribution >= 0.6 is 71.5 Å². The van der Waals surface area contributed by atoms with E-state index in [1.807, 2.05) is 0 Å². The van der Waals surface area contributed by atoms with Gasteiger partial charge in [-0.2, -0.15) is 0 Å². The maximum Gasteiger partial charge on any atom is 0.476 e. The van der Waals surface area contributed by atoms with Crippen LogP contribution in [0.25, 0.3) is 0 Å². The summed E-state index contributed by atoms with van der Waals surface area (Å²) in [6, 6.07) is 0. The van der Waals surface area contributed by atoms with Gasteiger partial charge in [-0.05, 0) is 76.6 Å². The summed E-state index contributed by atoms with van der Waals surface area (Å²) in [6.45, 7) is 3.55. The fraction of sp³-hybridized carbons (Fsp3) is 1.00. The predicted molar refractivity (Wildman–Crippen MR) is 73.7 cm³/mol. The second-order valence-corrected chi connectivity index (χ2v) is 11.2. The highest BCUT2D eigenvalue weighted by atomic mass is 79.9. The Morgan fingerprint density at radius 3 is 1.53 bits per heavy atom. The zero-order chi connectivity index (χ0) is 12.3. The molecule has 0 bridgehead atoms. The van der Waals surface area contributed by atoms with Gasteiger partial charge in [-0.1, -0.05) is 13.8 Å². The third-order valence-electron chi connectivity index (χ3n) is 1.32. The van der Waals surface area contributed by atoms with Crippen LogP contribution in [0.15, 0.2) is 0 Å². The van der Waals surface area contributed by atoms with Crippen molar-refractivity contribution in [3.05, 3.63) is 0 Å². The quantitative estimate of drug-likeness (QED) is 0.422. The first kappa shape index (κ1) is 17.0. The first-order valence-electron chi connectivity index (χ1n) is 4.03. The molecule has 0 aliphatic carbocycles. The van der Waals surface area contributed by atoms with Gasteiger partial charge in [0.15, 0.2) is 6.84 Å². The predicted octanol–water partition coefficient (Wildman–Crippen LogP) is 4.83. The summed E-state index contributed by atoms with van der Waals surface area (Å²) in [7, 11) is -4.16. The number of alkyl halides is 4. The lowest BCUT2D eigenvalue weighted by Crippen LogP contribution is -2.19. The van der Waals surface area contributed by atoms with Crippen molar-refractivity contribution in [1.82, 2.24) is 0 Å². The molecule has 0 aromatic carbocycles. The minimum Gasteiger partial charge on any atom is -0.302 e. The number of phosphoric ester groups is 1. The Hall–Kier alpha value is 2.03. The summed E-state index contributed by atoms with van der Waals surface area (Å²) >= 11 is 12.4. The van der Waals surface area contributed by atoms with Gasteiger partial charge in [-0.3, -0.25) is 9.05 Å². The van der Waals surface area contributed by atoms with E-state index in [4.69, 9.17) is 9.05 Å². The molecule has 0 heterocycles. The Bertz CT molecular complexity index is 236. The molecule has 0 aliphatic heterocycles. The Morgan fingerprint density at radius 1 is 1.07 bits per heavy atom. The number of hydrogen-bond donors (Lipinski definition) is 1. The highest BCUT2D eigenvalue weighted by Gasteiger charge is 2.39. The molecule has 0 aromatic heterocycles. The maximum absolute atomic E-state index is 11.6. The van der Waals surface area contributed by atoms with Gasteiger partial charge in [-0.25, -0.2) is 4.57 Å². The monoisotopic (exact) mass is 494 g/mol. The molecule has 0 rings (SSSR count). The van der Waals surface area contributed by atoms with Crippen LogP contribution in [0.1, 0.15) is 26.7 Å². The first-order chi connectivity index (χ1) is 6.54.